The maximum Gasteiger partial charge on any atom is 0.471 e. The van der Waals surface area contributed by atoms with Crippen LogP contribution >= 0.6 is 23.8 Å². The van der Waals surface area contributed by atoms with Gasteiger partial charge in [0.25, 0.3) is 5.91 Å². The number of thiocarbonyl (C=S) groups is 1. The number of halogens is 4. The van der Waals surface area contributed by atoms with E-state index in [4.69, 9.17) is 33.3 Å². The highest BCUT2D eigenvalue weighted by Gasteiger charge is 2.43. The van der Waals surface area contributed by atoms with Gasteiger partial charge in [-0.25, -0.2) is 0 Å². The normalized spacial score (nSPS) is 13.8. The largest absolute Gasteiger partial charge is 0.493 e. The van der Waals surface area contributed by atoms with Crippen molar-refractivity contribution in [2.24, 2.45) is 0 Å². The predicted octanol–water partition coefficient (Wildman–Crippen LogP) is 3.69. The molecule has 1 aliphatic heterocycles. The van der Waals surface area contributed by atoms with Gasteiger partial charge in [-0.15, -0.1) is 0 Å². The van der Waals surface area contributed by atoms with Crippen LogP contribution in [0.2, 0.25) is 5.02 Å². The SMILES string of the molecule is COc1ccc(C(=O)NC(=S)Nc2cc(Cl)ccc2N2CCN(C(=O)C(F)(F)F)CC2)cc1OC. The molecule has 3 rings (SSSR count). The molecule has 2 amide bonds. The van der Waals surface area contributed by atoms with E-state index < -0.39 is 18.0 Å². The lowest BCUT2D eigenvalue weighted by molar-refractivity contribution is -0.185. The second-order valence-corrected chi connectivity index (χ2v) is 8.26. The zero-order valence-corrected chi connectivity index (χ0v) is 20.3. The molecule has 0 bridgehead atoms. The van der Waals surface area contributed by atoms with E-state index in [9.17, 15) is 22.8 Å². The molecular formula is C22H22ClF3N4O4S. The van der Waals surface area contributed by atoms with Gasteiger partial charge in [0.2, 0.25) is 0 Å². The average molecular weight is 531 g/mol. The molecule has 1 fully saturated rings. The molecule has 0 saturated carbocycles. The van der Waals surface area contributed by atoms with E-state index in [1.54, 1.807) is 35.2 Å². The van der Waals surface area contributed by atoms with E-state index in [0.29, 0.717) is 27.9 Å². The second-order valence-electron chi connectivity index (χ2n) is 7.42. The van der Waals surface area contributed by atoms with E-state index in [1.807, 2.05) is 0 Å². The van der Waals surface area contributed by atoms with Crippen molar-refractivity contribution < 1.29 is 32.2 Å². The lowest BCUT2D eigenvalue weighted by Crippen LogP contribution is -2.52. The number of nitrogens with zero attached hydrogens (tertiary/aromatic N) is 2. The van der Waals surface area contributed by atoms with Gasteiger partial charge in [-0.3, -0.25) is 14.9 Å². The van der Waals surface area contributed by atoms with Gasteiger partial charge in [0.1, 0.15) is 0 Å². The zero-order chi connectivity index (χ0) is 25.8. The van der Waals surface area contributed by atoms with Gasteiger partial charge in [0.05, 0.1) is 25.6 Å². The van der Waals surface area contributed by atoms with Crippen LogP contribution in [0.15, 0.2) is 36.4 Å². The van der Waals surface area contributed by atoms with E-state index >= 15 is 0 Å². The topological polar surface area (TPSA) is 83.1 Å². The molecule has 0 aliphatic carbocycles. The summed E-state index contributed by atoms with van der Waals surface area (Å²) in [6.45, 7) is 0.146. The molecular weight excluding hydrogens is 509 g/mol. The van der Waals surface area contributed by atoms with Gasteiger partial charge in [-0.2, -0.15) is 13.2 Å². The molecule has 0 aromatic heterocycles. The number of methoxy groups -OCH3 is 2. The number of alkyl halides is 3. The molecule has 0 radical (unpaired) electrons. The lowest BCUT2D eigenvalue weighted by Gasteiger charge is -2.37. The summed E-state index contributed by atoms with van der Waals surface area (Å²) in [6.07, 6.45) is -4.91. The number of ether oxygens (including phenoxy) is 2. The first-order valence-corrected chi connectivity index (χ1v) is 11.1. The van der Waals surface area contributed by atoms with Crippen molar-refractivity contribution in [1.82, 2.24) is 10.2 Å². The molecule has 1 heterocycles. The highest BCUT2D eigenvalue weighted by Crippen LogP contribution is 2.31. The molecule has 0 atom stereocenters. The average Bonchev–Trinajstić information content (AvgIpc) is 2.82. The number of hydrogen-bond donors (Lipinski definition) is 2. The summed E-state index contributed by atoms with van der Waals surface area (Å²) in [5, 5.41) is 5.85. The lowest BCUT2D eigenvalue weighted by atomic mass is 10.2. The van der Waals surface area contributed by atoms with Gasteiger partial charge in [-0.05, 0) is 48.6 Å². The van der Waals surface area contributed by atoms with Crippen molar-refractivity contribution >= 4 is 52.1 Å². The summed E-state index contributed by atoms with van der Waals surface area (Å²) >= 11 is 11.4. The highest BCUT2D eigenvalue weighted by atomic mass is 35.5. The third-order valence-corrected chi connectivity index (χ3v) is 5.67. The molecule has 2 aromatic carbocycles. The van der Waals surface area contributed by atoms with Crippen LogP contribution in [0.25, 0.3) is 0 Å². The van der Waals surface area contributed by atoms with Crippen molar-refractivity contribution in [1.29, 1.82) is 0 Å². The van der Waals surface area contributed by atoms with Gasteiger partial charge < -0.3 is 24.6 Å². The minimum atomic E-state index is -4.91. The monoisotopic (exact) mass is 530 g/mol. The van der Waals surface area contributed by atoms with Crippen molar-refractivity contribution in [3.63, 3.8) is 0 Å². The Morgan fingerprint density at radius 1 is 1.00 bits per heavy atom. The summed E-state index contributed by atoms with van der Waals surface area (Å²) in [6, 6.07) is 9.53. The van der Waals surface area contributed by atoms with Gasteiger partial charge >= 0.3 is 12.1 Å². The molecule has 0 unspecified atom stereocenters. The minimum absolute atomic E-state index is 0.0146. The Balaban J connectivity index is 1.69. The quantitative estimate of drug-likeness (QED) is 0.570. The number of carbonyl (C=O) groups excluding carboxylic acids is 2. The Labute approximate surface area is 209 Å². The van der Waals surface area contributed by atoms with Crippen LogP contribution in [-0.2, 0) is 4.79 Å². The number of anilines is 2. The van der Waals surface area contributed by atoms with Crippen LogP contribution in [-0.4, -0.2) is 68.4 Å². The summed E-state index contributed by atoms with van der Waals surface area (Å²) < 4.78 is 48.5. The third-order valence-electron chi connectivity index (χ3n) is 5.23. The van der Waals surface area contributed by atoms with E-state index in [-0.39, 0.29) is 36.9 Å². The fourth-order valence-corrected chi connectivity index (χ4v) is 3.89. The first kappa shape index (κ1) is 26.4. The Bertz CT molecular complexity index is 1120. The third kappa shape index (κ3) is 6.45. The summed E-state index contributed by atoms with van der Waals surface area (Å²) in [5.74, 6) is -1.51. The minimum Gasteiger partial charge on any atom is -0.493 e. The van der Waals surface area contributed by atoms with Crippen molar-refractivity contribution in [3.05, 3.63) is 47.0 Å². The first-order valence-electron chi connectivity index (χ1n) is 10.3. The maximum absolute atomic E-state index is 12.7. The van der Waals surface area contributed by atoms with Crippen LogP contribution < -0.4 is 25.0 Å². The summed E-state index contributed by atoms with van der Waals surface area (Å²) in [7, 11) is 2.93. The number of nitrogens with one attached hydrogen (secondary N) is 2. The molecule has 1 saturated heterocycles. The Hall–Kier alpha value is -3.25. The van der Waals surface area contributed by atoms with Gasteiger partial charge in [-0.1, -0.05) is 11.6 Å². The molecule has 13 heteroatoms. The molecule has 0 spiro atoms. The molecule has 35 heavy (non-hydrogen) atoms. The predicted molar refractivity (Wildman–Crippen MR) is 130 cm³/mol. The maximum atomic E-state index is 12.7. The van der Waals surface area contributed by atoms with Crippen LogP contribution in [0.5, 0.6) is 11.5 Å². The molecule has 8 nitrogen and oxygen atoms in total. The highest BCUT2D eigenvalue weighted by molar-refractivity contribution is 7.80. The Morgan fingerprint density at radius 2 is 1.66 bits per heavy atom. The van der Waals surface area contributed by atoms with Crippen LogP contribution in [0.4, 0.5) is 24.5 Å². The van der Waals surface area contributed by atoms with E-state index in [2.05, 4.69) is 10.6 Å². The Morgan fingerprint density at radius 3 is 2.26 bits per heavy atom. The second kappa shape index (κ2) is 11.0. The smallest absolute Gasteiger partial charge is 0.471 e. The van der Waals surface area contributed by atoms with Crippen LogP contribution in [0.1, 0.15) is 10.4 Å². The molecule has 1 aliphatic rings. The number of benzene rings is 2. The Kier molecular flexibility index (Phi) is 8.28. The number of piperazine rings is 1. The standard InChI is InChI=1S/C22H22ClF3N4O4S/c1-33-17-6-3-13(11-18(17)34-2)19(31)28-21(35)27-15-12-14(23)4-5-16(15)29-7-9-30(10-8-29)20(32)22(24,25)26/h3-6,11-12H,7-10H2,1-2H3,(H2,27,28,31,35). The van der Waals surface area contributed by atoms with Crippen molar-refractivity contribution in [2.75, 3.05) is 50.6 Å². The molecule has 188 valence electrons. The van der Waals surface area contributed by atoms with Crippen molar-refractivity contribution in [3.8, 4) is 11.5 Å². The summed E-state index contributed by atoms with van der Waals surface area (Å²) in [4.78, 5) is 26.7. The molecule has 2 aromatic rings. The van der Waals surface area contributed by atoms with Crippen molar-refractivity contribution in [2.45, 2.75) is 6.18 Å². The number of amides is 2. The van der Waals surface area contributed by atoms with Gasteiger partial charge in [0, 0.05) is 36.8 Å². The number of rotatable bonds is 5. The number of carbonyl (C=O) groups is 2. The van der Waals surface area contributed by atoms with E-state index in [0.717, 1.165) is 4.90 Å². The zero-order valence-electron chi connectivity index (χ0n) is 18.7. The van der Waals surface area contributed by atoms with Gasteiger partial charge in [0.15, 0.2) is 16.6 Å². The summed E-state index contributed by atoms with van der Waals surface area (Å²) in [5.41, 5.74) is 1.34. The fourth-order valence-electron chi connectivity index (χ4n) is 3.52. The molecule has 2 N–H and O–H groups in total. The number of hydrogen-bond acceptors (Lipinski definition) is 6. The van der Waals surface area contributed by atoms with E-state index in [1.165, 1.54) is 20.3 Å². The first-order chi connectivity index (χ1) is 16.5. The van der Waals surface area contributed by atoms with Crippen LogP contribution in [0.3, 0.4) is 0 Å². The fraction of sp³-hybridized carbons (Fsp3) is 0.318. The van der Waals surface area contributed by atoms with Crippen LogP contribution in [0, 0.1) is 0 Å².